The largest absolute Gasteiger partial charge is 0.398 e. The van der Waals surface area contributed by atoms with Gasteiger partial charge >= 0.3 is 0 Å². The van der Waals surface area contributed by atoms with Crippen molar-refractivity contribution in [3.05, 3.63) is 59.7 Å². The smallest absolute Gasteiger partial charge is 0.257 e. The Bertz CT molecular complexity index is 808. The number of rotatable bonds is 5. The maximum atomic E-state index is 12.4. The number of piperidine rings is 1. The minimum Gasteiger partial charge on any atom is -0.398 e. The summed E-state index contributed by atoms with van der Waals surface area (Å²) in [6, 6.07) is 14.8. The zero-order valence-corrected chi connectivity index (χ0v) is 17.1. The van der Waals surface area contributed by atoms with Crippen molar-refractivity contribution < 1.29 is 9.59 Å². The number of likely N-dealkylation sites (tertiary alicyclic amines) is 1. The molecule has 0 atom stereocenters. The van der Waals surface area contributed by atoms with Crippen LogP contribution in [0.4, 0.5) is 11.4 Å². The predicted molar refractivity (Wildman–Crippen MR) is 117 cm³/mol. The number of primary amides is 1. The lowest BCUT2D eigenvalue weighted by atomic mass is 9.96. The Hall–Kier alpha value is -2.28. The first-order chi connectivity index (χ1) is 12.5. The van der Waals surface area contributed by atoms with Crippen molar-refractivity contribution in [2.24, 2.45) is 11.7 Å². The molecule has 8 heteroatoms. The molecule has 1 saturated heterocycles. The van der Waals surface area contributed by atoms with Crippen molar-refractivity contribution in [2.45, 2.75) is 19.4 Å². The van der Waals surface area contributed by atoms with Gasteiger partial charge < -0.3 is 16.8 Å². The first kappa shape index (κ1) is 23.8. The number of hydrogen-bond acceptors (Lipinski definition) is 4. The Morgan fingerprint density at radius 3 is 2.36 bits per heavy atom. The second-order valence-corrected chi connectivity index (χ2v) is 6.69. The minimum absolute atomic E-state index is 0. The molecule has 0 radical (unpaired) electrons. The normalized spacial score (nSPS) is 14.4. The monoisotopic (exact) mass is 424 g/mol. The van der Waals surface area contributed by atoms with E-state index in [-0.39, 0.29) is 42.5 Å². The number of amides is 2. The van der Waals surface area contributed by atoms with E-state index in [1.54, 1.807) is 24.3 Å². The molecule has 0 unspecified atom stereocenters. The highest BCUT2D eigenvalue weighted by molar-refractivity contribution is 6.07. The highest BCUT2D eigenvalue weighted by Crippen LogP contribution is 2.20. The first-order valence-electron chi connectivity index (χ1n) is 8.79. The predicted octanol–water partition coefficient (Wildman–Crippen LogP) is 3.06. The molecule has 3 rings (SSSR count). The molecule has 5 N–H and O–H groups in total. The molecule has 1 heterocycles. The van der Waals surface area contributed by atoms with E-state index in [0.29, 0.717) is 11.3 Å². The van der Waals surface area contributed by atoms with Crippen molar-refractivity contribution in [1.82, 2.24) is 4.90 Å². The van der Waals surface area contributed by atoms with E-state index < -0.39 is 0 Å². The zero-order valence-electron chi connectivity index (χ0n) is 15.5. The number of para-hydroxylation sites is 1. The lowest BCUT2D eigenvalue weighted by molar-refractivity contribution is -0.123. The van der Waals surface area contributed by atoms with Gasteiger partial charge in [0, 0.05) is 23.8 Å². The molecule has 0 saturated carbocycles. The molecule has 0 bridgehead atoms. The second kappa shape index (κ2) is 10.9. The van der Waals surface area contributed by atoms with E-state index in [1.165, 1.54) is 0 Å². The minimum atomic E-state index is -0.220. The van der Waals surface area contributed by atoms with Gasteiger partial charge in [0.15, 0.2) is 0 Å². The quantitative estimate of drug-likeness (QED) is 0.641. The molecule has 0 aromatic heterocycles. The summed E-state index contributed by atoms with van der Waals surface area (Å²) in [5.74, 6) is -0.426. The summed E-state index contributed by atoms with van der Waals surface area (Å²) < 4.78 is 0. The third-order valence-corrected chi connectivity index (χ3v) is 4.79. The average Bonchev–Trinajstić information content (AvgIpc) is 2.63. The topological polar surface area (TPSA) is 101 Å². The maximum absolute atomic E-state index is 12.4. The fourth-order valence-corrected chi connectivity index (χ4v) is 3.28. The molecule has 2 amide bonds. The highest BCUT2D eigenvalue weighted by atomic mass is 35.5. The first-order valence-corrected chi connectivity index (χ1v) is 8.79. The average molecular weight is 425 g/mol. The van der Waals surface area contributed by atoms with E-state index in [0.717, 1.165) is 43.7 Å². The number of carbonyl (C=O) groups is 2. The Morgan fingerprint density at radius 2 is 1.71 bits per heavy atom. The van der Waals surface area contributed by atoms with E-state index in [9.17, 15) is 9.59 Å². The van der Waals surface area contributed by atoms with Crippen LogP contribution in [0.3, 0.4) is 0 Å². The van der Waals surface area contributed by atoms with Gasteiger partial charge in [-0.2, -0.15) is 0 Å². The van der Waals surface area contributed by atoms with E-state index in [4.69, 9.17) is 11.5 Å². The second-order valence-electron chi connectivity index (χ2n) is 6.69. The zero-order chi connectivity index (χ0) is 18.5. The third kappa shape index (κ3) is 6.12. The standard InChI is InChI=1S/C20H24N4O2.2ClH/c21-18-7-2-1-6-17(18)20(26)23-16-5-3-4-14(12-16)13-24-10-8-15(9-11-24)19(22)25;;/h1-7,12,15H,8-11,13,21H2,(H2,22,25)(H,23,26);2*1H. The molecule has 6 nitrogen and oxygen atoms in total. The van der Waals surface area contributed by atoms with Crippen molar-refractivity contribution in [3.63, 3.8) is 0 Å². The Balaban J connectivity index is 0.00000196. The van der Waals surface area contributed by atoms with Gasteiger partial charge in [0.2, 0.25) is 5.91 Å². The van der Waals surface area contributed by atoms with Gasteiger partial charge in [-0.25, -0.2) is 0 Å². The lowest BCUT2D eigenvalue weighted by Crippen LogP contribution is -2.38. The molecular weight excluding hydrogens is 399 g/mol. The van der Waals surface area contributed by atoms with Gasteiger partial charge in [-0.05, 0) is 55.8 Å². The van der Waals surface area contributed by atoms with Gasteiger partial charge in [0.25, 0.3) is 5.91 Å². The van der Waals surface area contributed by atoms with Crippen molar-refractivity contribution in [2.75, 3.05) is 24.1 Å². The van der Waals surface area contributed by atoms with Crippen LogP contribution in [0.2, 0.25) is 0 Å². The summed E-state index contributed by atoms with van der Waals surface area (Å²) in [7, 11) is 0. The Kier molecular flexibility index (Phi) is 9.25. The number of nitrogens with two attached hydrogens (primary N) is 2. The number of halogens is 2. The van der Waals surface area contributed by atoms with Crippen LogP contribution in [-0.4, -0.2) is 29.8 Å². The number of hydrogen-bond donors (Lipinski definition) is 3. The van der Waals surface area contributed by atoms with Crippen LogP contribution in [0, 0.1) is 5.92 Å². The van der Waals surface area contributed by atoms with E-state index in [2.05, 4.69) is 10.2 Å². The third-order valence-electron chi connectivity index (χ3n) is 4.79. The fraction of sp³-hybridized carbons (Fsp3) is 0.300. The van der Waals surface area contributed by atoms with Crippen LogP contribution in [0.1, 0.15) is 28.8 Å². The number of anilines is 2. The molecule has 2 aromatic carbocycles. The van der Waals surface area contributed by atoms with E-state index in [1.807, 2.05) is 24.3 Å². The Labute approximate surface area is 177 Å². The van der Waals surface area contributed by atoms with Crippen LogP contribution >= 0.6 is 24.8 Å². The molecule has 28 heavy (non-hydrogen) atoms. The van der Waals surface area contributed by atoms with Gasteiger partial charge in [0.05, 0.1) is 5.56 Å². The molecule has 1 aliphatic heterocycles. The van der Waals surface area contributed by atoms with Crippen molar-refractivity contribution >= 4 is 48.0 Å². The maximum Gasteiger partial charge on any atom is 0.257 e. The summed E-state index contributed by atoms with van der Waals surface area (Å²) in [4.78, 5) is 26.0. The lowest BCUT2D eigenvalue weighted by Gasteiger charge is -2.30. The molecule has 1 fully saturated rings. The number of nitrogens with one attached hydrogen (secondary N) is 1. The van der Waals surface area contributed by atoms with Crippen LogP contribution in [0.5, 0.6) is 0 Å². The SMILES string of the molecule is Cl.Cl.NC(=O)C1CCN(Cc2cccc(NC(=O)c3ccccc3N)c2)CC1. The highest BCUT2D eigenvalue weighted by Gasteiger charge is 2.23. The Morgan fingerprint density at radius 1 is 1.04 bits per heavy atom. The number of nitrogens with zero attached hydrogens (tertiary/aromatic N) is 1. The molecule has 0 aliphatic carbocycles. The summed E-state index contributed by atoms with van der Waals surface area (Å²) in [5.41, 5.74) is 14.0. The van der Waals surface area contributed by atoms with Crippen LogP contribution in [0.25, 0.3) is 0 Å². The molecule has 2 aromatic rings. The number of carbonyl (C=O) groups excluding carboxylic acids is 2. The summed E-state index contributed by atoms with van der Waals surface area (Å²) in [6.07, 6.45) is 1.61. The van der Waals surface area contributed by atoms with Crippen molar-refractivity contribution in [1.29, 1.82) is 0 Å². The van der Waals surface area contributed by atoms with Gasteiger partial charge in [-0.15, -0.1) is 24.8 Å². The summed E-state index contributed by atoms with van der Waals surface area (Å²) >= 11 is 0. The molecule has 152 valence electrons. The molecule has 1 aliphatic rings. The molecule has 0 spiro atoms. The molecular formula is C20H26Cl2N4O2. The van der Waals surface area contributed by atoms with Crippen molar-refractivity contribution in [3.8, 4) is 0 Å². The van der Waals surface area contributed by atoms with Gasteiger partial charge in [0.1, 0.15) is 0 Å². The summed E-state index contributed by atoms with van der Waals surface area (Å²) in [6.45, 7) is 2.48. The number of nitrogen functional groups attached to an aromatic ring is 1. The van der Waals surface area contributed by atoms with Gasteiger partial charge in [-0.1, -0.05) is 24.3 Å². The van der Waals surface area contributed by atoms with Crippen LogP contribution in [-0.2, 0) is 11.3 Å². The van der Waals surface area contributed by atoms with Crippen LogP contribution < -0.4 is 16.8 Å². The van der Waals surface area contributed by atoms with Gasteiger partial charge in [-0.3, -0.25) is 14.5 Å². The van der Waals surface area contributed by atoms with Crippen LogP contribution in [0.15, 0.2) is 48.5 Å². The fourth-order valence-electron chi connectivity index (χ4n) is 3.28. The number of benzene rings is 2. The summed E-state index contributed by atoms with van der Waals surface area (Å²) in [5, 5.41) is 2.90. The van der Waals surface area contributed by atoms with E-state index >= 15 is 0 Å².